The topological polar surface area (TPSA) is 56.9 Å². The molecule has 0 aliphatic rings. The molecule has 0 unspecified atom stereocenters. The Bertz CT molecular complexity index is 1420. The van der Waals surface area contributed by atoms with E-state index >= 15 is 0 Å². The van der Waals surface area contributed by atoms with Crippen LogP contribution in [-0.2, 0) is 6.54 Å². The largest absolute Gasteiger partial charge is 0.294 e. The molecule has 5 heteroatoms. The molecule has 0 radical (unpaired) electrons. The number of hydrogen-bond donors (Lipinski definition) is 0. The molecule has 0 saturated carbocycles. The molecule has 0 fully saturated rings. The molecule has 0 saturated heterocycles. The fourth-order valence-corrected chi connectivity index (χ4v) is 3.76. The number of aromatic nitrogens is 3. The van der Waals surface area contributed by atoms with Crippen LogP contribution in [0.2, 0.25) is 0 Å². The smallest absolute Gasteiger partial charge is 0.263 e. The number of ketones is 1. The number of carbonyl (C=O) groups excluding carboxylic acids is 1. The molecule has 0 aliphatic heterocycles. The van der Waals surface area contributed by atoms with E-state index in [0.717, 1.165) is 16.9 Å². The van der Waals surface area contributed by atoms with E-state index in [4.69, 9.17) is 0 Å². The van der Waals surface area contributed by atoms with E-state index in [0.29, 0.717) is 16.6 Å². The second kappa shape index (κ2) is 7.88. The maximum atomic E-state index is 13.3. The van der Waals surface area contributed by atoms with Gasteiger partial charge in [-0.05, 0) is 23.8 Å². The molecule has 5 rings (SSSR count). The Kier molecular flexibility index (Phi) is 4.77. The minimum absolute atomic E-state index is 0.0526. The van der Waals surface area contributed by atoms with Crippen LogP contribution in [0.4, 0.5) is 0 Å². The fraction of sp³-hybridized carbons (Fsp3) is 0.0385. The van der Waals surface area contributed by atoms with Crippen LogP contribution in [0.15, 0.2) is 108 Å². The SMILES string of the molecule is O=C(Cn1cnc2c(cc(-c3ccccc3)n2-c2ccccc2)c1=O)c1ccccc1. The summed E-state index contributed by atoms with van der Waals surface area (Å²) in [5.41, 5.74) is 3.68. The third-order valence-electron chi connectivity index (χ3n) is 5.28. The number of Topliss-reactive ketones (excluding diaryl/α,β-unsaturated/α-hetero) is 1. The number of para-hydroxylation sites is 1. The van der Waals surface area contributed by atoms with Gasteiger partial charge in [0.25, 0.3) is 5.56 Å². The van der Waals surface area contributed by atoms with Gasteiger partial charge in [0.05, 0.1) is 17.6 Å². The molecular formula is C26H19N3O2. The maximum absolute atomic E-state index is 13.3. The lowest BCUT2D eigenvalue weighted by atomic mass is 10.1. The third-order valence-corrected chi connectivity index (χ3v) is 5.28. The van der Waals surface area contributed by atoms with Crippen molar-refractivity contribution in [1.82, 2.24) is 14.1 Å². The van der Waals surface area contributed by atoms with Crippen LogP contribution in [-0.4, -0.2) is 19.9 Å². The Morgan fingerprint density at radius 2 is 1.42 bits per heavy atom. The van der Waals surface area contributed by atoms with Crippen molar-refractivity contribution in [2.24, 2.45) is 0 Å². The van der Waals surface area contributed by atoms with Crippen LogP contribution in [0.5, 0.6) is 0 Å². The first-order valence-corrected chi connectivity index (χ1v) is 10.0. The Hall–Kier alpha value is -4.25. The fourth-order valence-electron chi connectivity index (χ4n) is 3.76. The highest BCUT2D eigenvalue weighted by molar-refractivity contribution is 5.96. The van der Waals surface area contributed by atoms with Crippen LogP contribution in [0.3, 0.4) is 0 Å². The lowest BCUT2D eigenvalue weighted by molar-refractivity contribution is 0.0970. The van der Waals surface area contributed by atoms with E-state index in [1.807, 2.05) is 89.5 Å². The highest BCUT2D eigenvalue weighted by Gasteiger charge is 2.18. The van der Waals surface area contributed by atoms with Gasteiger partial charge in [-0.25, -0.2) is 4.98 Å². The molecule has 3 aromatic carbocycles. The summed E-state index contributed by atoms with van der Waals surface area (Å²) >= 11 is 0. The van der Waals surface area contributed by atoms with Crippen molar-refractivity contribution < 1.29 is 4.79 Å². The quantitative estimate of drug-likeness (QED) is 0.397. The molecule has 31 heavy (non-hydrogen) atoms. The molecule has 2 heterocycles. The normalized spacial score (nSPS) is 11.0. The number of nitrogens with zero attached hydrogens (tertiary/aromatic N) is 3. The molecule has 0 bridgehead atoms. The zero-order valence-corrected chi connectivity index (χ0v) is 16.7. The van der Waals surface area contributed by atoms with Gasteiger partial charge in [0, 0.05) is 11.3 Å². The molecule has 0 aliphatic carbocycles. The van der Waals surface area contributed by atoms with Crippen LogP contribution in [0, 0.1) is 0 Å². The molecule has 0 amide bonds. The van der Waals surface area contributed by atoms with Gasteiger partial charge in [0.15, 0.2) is 11.4 Å². The number of carbonyl (C=O) groups is 1. The first-order chi connectivity index (χ1) is 15.2. The van der Waals surface area contributed by atoms with Gasteiger partial charge >= 0.3 is 0 Å². The standard InChI is InChI=1S/C26H19N3O2/c30-24(20-12-6-2-7-13-20)17-28-18-27-25-22(26(28)31)16-23(19-10-4-1-5-11-19)29(25)21-14-8-3-9-15-21/h1-16,18H,17H2. The number of fused-ring (bicyclic) bond motifs is 1. The van der Waals surface area contributed by atoms with Gasteiger partial charge in [0.1, 0.15) is 6.33 Å². The van der Waals surface area contributed by atoms with E-state index in [1.165, 1.54) is 10.9 Å². The van der Waals surface area contributed by atoms with Crippen molar-refractivity contribution >= 4 is 16.8 Å². The van der Waals surface area contributed by atoms with Gasteiger partial charge in [0.2, 0.25) is 0 Å². The molecule has 2 aromatic heterocycles. The minimum atomic E-state index is -0.235. The van der Waals surface area contributed by atoms with Gasteiger partial charge in [-0.2, -0.15) is 0 Å². The Balaban J connectivity index is 1.67. The lowest BCUT2D eigenvalue weighted by Gasteiger charge is -2.11. The summed E-state index contributed by atoms with van der Waals surface area (Å²) in [5, 5.41) is 0.478. The zero-order valence-electron chi connectivity index (χ0n) is 16.7. The predicted molar refractivity (Wildman–Crippen MR) is 122 cm³/mol. The van der Waals surface area contributed by atoms with Gasteiger partial charge in [-0.15, -0.1) is 0 Å². The molecule has 5 nitrogen and oxygen atoms in total. The Morgan fingerprint density at radius 1 is 0.806 bits per heavy atom. The minimum Gasteiger partial charge on any atom is -0.294 e. The Morgan fingerprint density at radius 3 is 2.10 bits per heavy atom. The molecular weight excluding hydrogens is 386 g/mol. The molecule has 0 N–H and O–H groups in total. The van der Waals surface area contributed by atoms with Gasteiger partial charge < -0.3 is 0 Å². The second-order valence-corrected chi connectivity index (χ2v) is 7.27. The maximum Gasteiger partial charge on any atom is 0.263 e. The van der Waals surface area contributed by atoms with Crippen molar-refractivity contribution in [2.45, 2.75) is 6.54 Å². The average Bonchev–Trinajstić information content (AvgIpc) is 3.23. The summed E-state index contributed by atoms with van der Waals surface area (Å²) in [4.78, 5) is 30.5. The number of hydrogen-bond acceptors (Lipinski definition) is 3. The van der Waals surface area contributed by atoms with Crippen molar-refractivity contribution in [1.29, 1.82) is 0 Å². The van der Waals surface area contributed by atoms with E-state index in [-0.39, 0.29) is 17.9 Å². The van der Waals surface area contributed by atoms with E-state index in [1.54, 1.807) is 12.1 Å². The zero-order chi connectivity index (χ0) is 21.2. The highest BCUT2D eigenvalue weighted by atomic mass is 16.1. The summed E-state index contributed by atoms with van der Waals surface area (Å²) in [6, 6.07) is 30.6. The van der Waals surface area contributed by atoms with E-state index in [2.05, 4.69) is 4.98 Å². The van der Waals surface area contributed by atoms with Crippen molar-refractivity contribution in [3.8, 4) is 16.9 Å². The first kappa shape index (κ1) is 18.8. The van der Waals surface area contributed by atoms with E-state index in [9.17, 15) is 9.59 Å². The average molecular weight is 405 g/mol. The first-order valence-electron chi connectivity index (χ1n) is 10.0. The summed E-state index contributed by atoms with van der Waals surface area (Å²) in [6.45, 7) is -0.0526. The van der Waals surface area contributed by atoms with Gasteiger partial charge in [-0.3, -0.25) is 18.7 Å². The molecule has 150 valence electrons. The summed E-state index contributed by atoms with van der Waals surface area (Å²) in [5.74, 6) is -0.130. The van der Waals surface area contributed by atoms with Crippen LogP contribution >= 0.6 is 0 Å². The molecule has 5 aromatic rings. The van der Waals surface area contributed by atoms with Crippen LogP contribution in [0.1, 0.15) is 10.4 Å². The lowest BCUT2D eigenvalue weighted by Crippen LogP contribution is -2.24. The van der Waals surface area contributed by atoms with Crippen molar-refractivity contribution in [3.63, 3.8) is 0 Å². The monoisotopic (exact) mass is 405 g/mol. The van der Waals surface area contributed by atoms with E-state index < -0.39 is 0 Å². The third kappa shape index (κ3) is 3.46. The predicted octanol–water partition coefficient (Wildman–Crippen LogP) is 4.74. The number of rotatable bonds is 5. The van der Waals surface area contributed by atoms with Crippen molar-refractivity contribution in [3.05, 3.63) is 119 Å². The summed E-state index contributed by atoms with van der Waals surface area (Å²) in [7, 11) is 0. The second-order valence-electron chi connectivity index (χ2n) is 7.27. The molecule has 0 atom stereocenters. The highest BCUT2D eigenvalue weighted by Crippen LogP contribution is 2.29. The van der Waals surface area contributed by atoms with Crippen LogP contribution < -0.4 is 5.56 Å². The summed E-state index contributed by atoms with van der Waals surface area (Å²) < 4.78 is 3.36. The summed E-state index contributed by atoms with van der Waals surface area (Å²) in [6.07, 6.45) is 1.46. The van der Waals surface area contributed by atoms with Gasteiger partial charge in [-0.1, -0.05) is 78.9 Å². The van der Waals surface area contributed by atoms with Crippen LogP contribution in [0.25, 0.3) is 28.0 Å². The Labute approximate surface area is 178 Å². The molecule has 0 spiro atoms. The van der Waals surface area contributed by atoms with Crippen molar-refractivity contribution in [2.75, 3.05) is 0 Å². The number of benzene rings is 3.